The Kier molecular flexibility index (Phi) is 5.63. The molecule has 0 bridgehead atoms. The van der Waals surface area contributed by atoms with Gasteiger partial charge in [-0.3, -0.25) is 0 Å². The van der Waals surface area contributed by atoms with Gasteiger partial charge in [0.25, 0.3) is 0 Å². The molecule has 0 saturated carbocycles. The minimum Gasteiger partial charge on any atom is -0.310 e. The third-order valence-electron chi connectivity index (χ3n) is 3.02. The number of halogens is 1. The van der Waals surface area contributed by atoms with E-state index in [1.807, 2.05) is 13.0 Å². The fraction of sp³-hybridized carbons (Fsp3) is 0.600. The zero-order valence-corrected chi connectivity index (χ0v) is 11.4. The molecule has 0 aliphatic rings. The minimum atomic E-state index is -0.112. The highest BCUT2D eigenvalue weighted by atomic mass is 19.1. The molecule has 0 amide bonds. The molecular weight excluding hydrogens is 213 g/mol. The molecule has 0 radical (unpaired) electrons. The van der Waals surface area contributed by atoms with Crippen LogP contribution in [0.15, 0.2) is 18.2 Å². The quantitative estimate of drug-likeness (QED) is 0.787. The molecule has 0 fully saturated rings. The predicted octanol–water partition coefficient (Wildman–Crippen LogP) is 4.05. The summed E-state index contributed by atoms with van der Waals surface area (Å²) in [4.78, 5) is 0. The molecular formula is C15H24FN. The molecule has 1 aromatic carbocycles. The average Bonchev–Trinajstić information content (AvgIpc) is 2.27. The lowest BCUT2D eigenvalue weighted by atomic mass is 10.0. The first-order valence-electron chi connectivity index (χ1n) is 6.47. The first-order chi connectivity index (χ1) is 7.99. The number of rotatable bonds is 6. The standard InChI is InChI=1S/C15H24FN/c1-11(2)5-7-13(4)17-10-14-9-12(3)6-8-15(14)16/h6,8-9,11,13,17H,5,7,10H2,1-4H3. The molecule has 1 unspecified atom stereocenters. The molecule has 0 spiro atoms. The van der Waals surface area contributed by atoms with E-state index >= 15 is 0 Å². The molecule has 1 aromatic rings. The van der Waals surface area contributed by atoms with Gasteiger partial charge in [0, 0.05) is 18.2 Å². The molecule has 1 N–H and O–H groups in total. The van der Waals surface area contributed by atoms with Crippen LogP contribution in [0.4, 0.5) is 4.39 Å². The van der Waals surface area contributed by atoms with Crippen LogP contribution in [0.1, 0.15) is 44.7 Å². The van der Waals surface area contributed by atoms with Gasteiger partial charge in [-0.05, 0) is 38.7 Å². The molecule has 0 aromatic heterocycles. The lowest BCUT2D eigenvalue weighted by molar-refractivity contribution is 0.446. The van der Waals surface area contributed by atoms with Gasteiger partial charge in [-0.25, -0.2) is 4.39 Å². The third kappa shape index (κ3) is 5.31. The highest BCUT2D eigenvalue weighted by Gasteiger charge is 2.06. The second kappa shape index (κ2) is 6.75. The van der Waals surface area contributed by atoms with Crippen LogP contribution >= 0.6 is 0 Å². The van der Waals surface area contributed by atoms with E-state index in [2.05, 4.69) is 26.1 Å². The zero-order chi connectivity index (χ0) is 12.8. The second-order valence-electron chi connectivity index (χ2n) is 5.35. The van der Waals surface area contributed by atoms with Crippen LogP contribution in [0.3, 0.4) is 0 Å². The molecule has 2 heteroatoms. The summed E-state index contributed by atoms with van der Waals surface area (Å²) in [6, 6.07) is 5.71. The molecule has 96 valence electrons. The van der Waals surface area contributed by atoms with E-state index in [0.717, 1.165) is 23.5 Å². The van der Waals surface area contributed by atoms with Gasteiger partial charge in [0.15, 0.2) is 0 Å². The Hall–Kier alpha value is -0.890. The topological polar surface area (TPSA) is 12.0 Å². The summed E-state index contributed by atoms with van der Waals surface area (Å²) in [5.74, 6) is 0.620. The highest BCUT2D eigenvalue weighted by molar-refractivity contribution is 5.23. The van der Waals surface area contributed by atoms with Crippen molar-refractivity contribution in [3.05, 3.63) is 35.1 Å². The van der Waals surface area contributed by atoms with Gasteiger partial charge < -0.3 is 5.32 Å². The van der Waals surface area contributed by atoms with E-state index in [1.54, 1.807) is 12.1 Å². The van der Waals surface area contributed by atoms with Crippen molar-refractivity contribution in [3.8, 4) is 0 Å². The summed E-state index contributed by atoms with van der Waals surface area (Å²) in [7, 11) is 0. The Labute approximate surface area is 104 Å². The predicted molar refractivity (Wildman–Crippen MR) is 71.5 cm³/mol. The summed E-state index contributed by atoms with van der Waals surface area (Å²) >= 11 is 0. The molecule has 17 heavy (non-hydrogen) atoms. The molecule has 1 atom stereocenters. The van der Waals surface area contributed by atoms with Crippen molar-refractivity contribution >= 4 is 0 Å². The van der Waals surface area contributed by atoms with E-state index in [1.165, 1.54) is 6.42 Å². The van der Waals surface area contributed by atoms with Crippen LogP contribution in [0.5, 0.6) is 0 Å². The molecule has 1 rings (SSSR count). The molecule has 0 heterocycles. The zero-order valence-electron chi connectivity index (χ0n) is 11.4. The fourth-order valence-electron chi connectivity index (χ4n) is 1.81. The molecule has 1 nitrogen and oxygen atoms in total. The van der Waals surface area contributed by atoms with E-state index in [4.69, 9.17) is 0 Å². The van der Waals surface area contributed by atoms with Gasteiger partial charge >= 0.3 is 0 Å². The number of aryl methyl sites for hydroxylation is 1. The summed E-state index contributed by atoms with van der Waals surface area (Å²) < 4.78 is 13.5. The van der Waals surface area contributed by atoms with E-state index in [-0.39, 0.29) is 5.82 Å². The maximum Gasteiger partial charge on any atom is 0.127 e. The maximum absolute atomic E-state index is 13.5. The Morgan fingerprint density at radius 2 is 1.88 bits per heavy atom. The minimum absolute atomic E-state index is 0.112. The van der Waals surface area contributed by atoms with Crippen molar-refractivity contribution in [1.82, 2.24) is 5.32 Å². The number of benzene rings is 1. The summed E-state index contributed by atoms with van der Waals surface area (Å²) in [5.41, 5.74) is 1.87. The van der Waals surface area contributed by atoms with Gasteiger partial charge in [-0.1, -0.05) is 31.5 Å². The van der Waals surface area contributed by atoms with Gasteiger partial charge in [0.1, 0.15) is 5.82 Å². The smallest absolute Gasteiger partial charge is 0.127 e. The molecule has 0 aliphatic carbocycles. The SMILES string of the molecule is Cc1ccc(F)c(CNC(C)CCC(C)C)c1. The van der Waals surface area contributed by atoms with Crippen LogP contribution in [0, 0.1) is 18.7 Å². The Morgan fingerprint density at radius 1 is 1.18 bits per heavy atom. The van der Waals surface area contributed by atoms with Gasteiger partial charge in [-0.2, -0.15) is 0 Å². The summed E-state index contributed by atoms with van der Waals surface area (Å²) in [6.07, 6.45) is 2.36. The maximum atomic E-state index is 13.5. The van der Waals surface area contributed by atoms with Crippen LogP contribution in [0.2, 0.25) is 0 Å². The Bertz CT molecular complexity index is 347. The first-order valence-corrected chi connectivity index (χ1v) is 6.47. The number of hydrogen-bond donors (Lipinski definition) is 1. The summed E-state index contributed by atoms with van der Waals surface area (Å²) in [6.45, 7) is 9.23. The second-order valence-corrected chi connectivity index (χ2v) is 5.35. The van der Waals surface area contributed by atoms with Crippen LogP contribution < -0.4 is 5.32 Å². The number of nitrogens with one attached hydrogen (secondary N) is 1. The van der Waals surface area contributed by atoms with Crippen molar-refractivity contribution < 1.29 is 4.39 Å². The lowest BCUT2D eigenvalue weighted by Crippen LogP contribution is -2.26. The average molecular weight is 237 g/mol. The molecule has 0 saturated heterocycles. The lowest BCUT2D eigenvalue weighted by Gasteiger charge is -2.15. The van der Waals surface area contributed by atoms with Gasteiger partial charge in [-0.15, -0.1) is 0 Å². The highest BCUT2D eigenvalue weighted by Crippen LogP contribution is 2.11. The largest absolute Gasteiger partial charge is 0.310 e. The van der Waals surface area contributed by atoms with Gasteiger partial charge in [0.05, 0.1) is 0 Å². The van der Waals surface area contributed by atoms with E-state index in [0.29, 0.717) is 12.6 Å². The first kappa shape index (κ1) is 14.2. The van der Waals surface area contributed by atoms with Crippen molar-refractivity contribution in [2.24, 2.45) is 5.92 Å². The Balaban J connectivity index is 2.41. The van der Waals surface area contributed by atoms with Crippen molar-refractivity contribution in [1.29, 1.82) is 0 Å². The van der Waals surface area contributed by atoms with E-state index < -0.39 is 0 Å². The number of hydrogen-bond acceptors (Lipinski definition) is 1. The van der Waals surface area contributed by atoms with Crippen LogP contribution in [-0.4, -0.2) is 6.04 Å². The van der Waals surface area contributed by atoms with Gasteiger partial charge in [0.2, 0.25) is 0 Å². The van der Waals surface area contributed by atoms with Crippen molar-refractivity contribution in [3.63, 3.8) is 0 Å². The van der Waals surface area contributed by atoms with Crippen molar-refractivity contribution in [2.75, 3.05) is 0 Å². The molecule has 0 aliphatic heterocycles. The fourth-order valence-corrected chi connectivity index (χ4v) is 1.81. The van der Waals surface area contributed by atoms with E-state index in [9.17, 15) is 4.39 Å². The third-order valence-corrected chi connectivity index (χ3v) is 3.02. The monoisotopic (exact) mass is 237 g/mol. The summed E-state index contributed by atoms with van der Waals surface area (Å²) in [5, 5.41) is 3.38. The van der Waals surface area contributed by atoms with Crippen LogP contribution in [0.25, 0.3) is 0 Å². The van der Waals surface area contributed by atoms with Crippen molar-refractivity contribution in [2.45, 2.75) is 53.1 Å². The Morgan fingerprint density at radius 3 is 2.53 bits per heavy atom. The normalized spacial score (nSPS) is 13.1. The van der Waals surface area contributed by atoms with Crippen LogP contribution in [-0.2, 0) is 6.54 Å².